The molecule has 96 valence electrons. The molecule has 0 spiro atoms. The van der Waals surface area contributed by atoms with Gasteiger partial charge in [-0.05, 0) is 12.1 Å². The molecule has 2 heterocycles. The summed E-state index contributed by atoms with van der Waals surface area (Å²) in [7, 11) is 1.29. The molecule has 0 bridgehead atoms. The molecule has 1 unspecified atom stereocenters. The first-order chi connectivity index (χ1) is 8.65. The predicted octanol–water partition coefficient (Wildman–Crippen LogP) is 0.213. The topological polar surface area (TPSA) is 79.7 Å². The average molecular weight is 250 g/mol. The van der Waals surface area contributed by atoms with Crippen molar-refractivity contribution in [3.05, 3.63) is 24.0 Å². The fourth-order valence-electron chi connectivity index (χ4n) is 1.92. The van der Waals surface area contributed by atoms with E-state index in [9.17, 15) is 9.59 Å². The number of methoxy groups -OCH3 is 1. The Morgan fingerprint density at radius 2 is 2.39 bits per heavy atom. The second-order valence-electron chi connectivity index (χ2n) is 4.15. The number of hydrogen-bond acceptors (Lipinski definition) is 5. The second-order valence-corrected chi connectivity index (χ2v) is 4.15. The van der Waals surface area contributed by atoms with E-state index < -0.39 is 5.97 Å². The van der Waals surface area contributed by atoms with E-state index >= 15 is 0 Å². The Kier molecular flexibility index (Phi) is 3.57. The minimum atomic E-state index is -0.512. The summed E-state index contributed by atoms with van der Waals surface area (Å²) in [6, 6.07) is 3.16. The van der Waals surface area contributed by atoms with Gasteiger partial charge in [0.1, 0.15) is 5.69 Å². The van der Waals surface area contributed by atoms with Crippen molar-refractivity contribution < 1.29 is 19.4 Å². The lowest BCUT2D eigenvalue weighted by molar-refractivity contribution is -0.117. The molecule has 6 heteroatoms. The van der Waals surface area contributed by atoms with Gasteiger partial charge in [0.05, 0.1) is 19.0 Å². The third-order valence-electron chi connectivity index (χ3n) is 2.92. The molecule has 1 fully saturated rings. The summed E-state index contributed by atoms with van der Waals surface area (Å²) in [6.07, 6.45) is 1.80. The number of esters is 1. The van der Waals surface area contributed by atoms with Crippen molar-refractivity contribution in [3.63, 3.8) is 0 Å². The minimum Gasteiger partial charge on any atom is -0.464 e. The molecule has 1 saturated heterocycles. The van der Waals surface area contributed by atoms with E-state index in [0.29, 0.717) is 18.7 Å². The van der Waals surface area contributed by atoms with Gasteiger partial charge in [0.15, 0.2) is 0 Å². The van der Waals surface area contributed by atoms with Crippen LogP contribution in [0.25, 0.3) is 0 Å². The van der Waals surface area contributed by atoms with Gasteiger partial charge in [0, 0.05) is 25.5 Å². The molecule has 1 atom stereocenters. The SMILES string of the molecule is COC(=O)c1ccc(N2CC(CO)CC2=O)cn1. The van der Waals surface area contributed by atoms with E-state index in [1.165, 1.54) is 19.4 Å². The number of nitrogens with zero attached hydrogens (tertiary/aromatic N) is 2. The molecule has 1 amide bonds. The molecule has 1 aliphatic heterocycles. The lowest BCUT2D eigenvalue weighted by atomic mass is 10.1. The fraction of sp³-hybridized carbons (Fsp3) is 0.417. The first-order valence-corrected chi connectivity index (χ1v) is 5.61. The standard InChI is InChI=1S/C12H14N2O4/c1-18-12(17)10-3-2-9(5-13-10)14-6-8(7-15)4-11(14)16/h2-3,5,8,15H,4,6-7H2,1H3. The number of carbonyl (C=O) groups is 2. The number of aliphatic hydroxyl groups is 1. The first kappa shape index (κ1) is 12.5. The van der Waals surface area contributed by atoms with Crippen LogP contribution in [-0.2, 0) is 9.53 Å². The van der Waals surface area contributed by atoms with Crippen LogP contribution in [0.5, 0.6) is 0 Å². The second kappa shape index (κ2) is 5.14. The fourth-order valence-corrected chi connectivity index (χ4v) is 1.92. The molecule has 1 aromatic heterocycles. The highest BCUT2D eigenvalue weighted by Gasteiger charge is 2.30. The van der Waals surface area contributed by atoms with Crippen LogP contribution in [-0.4, -0.2) is 42.2 Å². The van der Waals surface area contributed by atoms with E-state index in [0.717, 1.165) is 0 Å². The van der Waals surface area contributed by atoms with Crippen LogP contribution in [0.15, 0.2) is 18.3 Å². The normalized spacial score (nSPS) is 19.1. The predicted molar refractivity (Wildman–Crippen MR) is 63.1 cm³/mol. The van der Waals surface area contributed by atoms with Crippen LogP contribution in [0.4, 0.5) is 5.69 Å². The third-order valence-corrected chi connectivity index (χ3v) is 2.92. The zero-order valence-corrected chi connectivity index (χ0v) is 10.00. The monoisotopic (exact) mass is 250 g/mol. The summed E-state index contributed by atoms with van der Waals surface area (Å²) in [5.41, 5.74) is 0.829. The minimum absolute atomic E-state index is 0.00405. The lowest BCUT2D eigenvalue weighted by Crippen LogP contribution is -2.25. The zero-order chi connectivity index (χ0) is 13.1. The smallest absolute Gasteiger partial charge is 0.356 e. The van der Waals surface area contributed by atoms with Crippen LogP contribution >= 0.6 is 0 Å². The van der Waals surface area contributed by atoms with Gasteiger partial charge in [0.25, 0.3) is 0 Å². The number of ether oxygens (including phenoxy) is 1. The summed E-state index contributed by atoms with van der Waals surface area (Å²) in [4.78, 5) is 28.4. The van der Waals surface area contributed by atoms with Gasteiger partial charge in [-0.3, -0.25) is 4.79 Å². The van der Waals surface area contributed by atoms with E-state index in [4.69, 9.17) is 5.11 Å². The third kappa shape index (κ3) is 2.33. The van der Waals surface area contributed by atoms with Gasteiger partial charge < -0.3 is 14.7 Å². The van der Waals surface area contributed by atoms with Crippen LogP contribution in [0.2, 0.25) is 0 Å². The number of aromatic nitrogens is 1. The Balaban J connectivity index is 2.15. The Hall–Kier alpha value is -1.95. The Bertz CT molecular complexity index is 458. The highest BCUT2D eigenvalue weighted by molar-refractivity contribution is 5.96. The van der Waals surface area contributed by atoms with Crippen molar-refractivity contribution in [2.45, 2.75) is 6.42 Å². The molecule has 18 heavy (non-hydrogen) atoms. The molecule has 0 aromatic carbocycles. The lowest BCUT2D eigenvalue weighted by Gasteiger charge is -2.15. The Labute approximate surface area is 104 Å². The van der Waals surface area contributed by atoms with Crippen molar-refractivity contribution in [3.8, 4) is 0 Å². The number of rotatable bonds is 3. The Morgan fingerprint density at radius 1 is 1.61 bits per heavy atom. The van der Waals surface area contributed by atoms with E-state index in [2.05, 4.69) is 9.72 Å². The van der Waals surface area contributed by atoms with Gasteiger partial charge in [-0.15, -0.1) is 0 Å². The van der Waals surface area contributed by atoms with Crippen molar-refractivity contribution in [2.24, 2.45) is 5.92 Å². The van der Waals surface area contributed by atoms with E-state index in [1.807, 2.05) is 0 Å². The Morgan fingerprint density at radius 3 is 2.89 bits per heavy atom. The number of anilines is 1. The summed E-state index contributed by atoms with van der Waals surface area (Å²) < 4.78 is 4.54. The average Bonchev–Trinajstić information content (AvgIpc) is 2.79. The number of carbonyl (C=O) groups excluding carboxylic acids is 2. The quantitative estimate of drug-likeness (QED) is 0.776. The van der Waals surface area contributed by atoms with Crippen LogP contribution < -0.4 is 4.90 Å². The van der Waals surface area contributed by atoms with Crippen LogP contribution in [0.3, 0.4) is 0 Å². The molecular weight excluding hydrogens is 236 g/mol. The van der Waals surface area contributed by atoms with Gasteiger partial charge >= 0.3 is 5.97 Å². The number of pyridine rings is 1. The van der Waals surface area contributed by atoms with Crippen LogP contribution in [0.1, 0.15) is 16.9 Å². The number of aliphatic hydroxyl groups excluding tert-OH is 1. The van der Waals surface area contributed by atoms with Gasteiger partial charge in [-0.2, -0.15) is 0 Å². The molecule has 1 N–H and O–H groups in total. The molecule has 1 aromatic rings. The van der Waals surface area contributed by atoms with Crippen molar-refractivity contribution >= 4 is 17.6 Å². The van der Waals surface area contributed by atoms with Crippen molar-refractivity contribution in [1.82, 2.24) is 4.98 Å². The maximum atomic E-state index is 11.7. The summed E-state index contributed by atoms with van der Waals surface area (Å²) in [5.74, 6) is -0.581. The largest absolute Gasteiger partial charge is 0.464 e. The molecule has 0 aliphatic carbocycles. The van der Waals surface area contributed by atoms with Gasteiger partial charge in [-0.25, -0.2) is 9.78 Å². The molecule has 1 aliphatic rings. The molecule has 2 rings (SSSR count). The maximum absolute atomic E-state index is 11.7. The van der Waals surface area contributed by atoms with E-state index in [-0.39, 0.29) is 24.1 Å². The highest BCUT2D eigenvalue weighted by Crippen LogP contribution is 2.24. The summed E-state index contributed by atoms with van der Waals surface area (Å²) in [5, 5.41) is 9.04. The molecule has 0 saturated carbocycles. The van der Waals surface area contributed by atoms with Gasteiger partial charge in [-0.1, -0.05) is 0 Å². The number of amides is 1. The first-order valence-electron chi connectivity index (χ1n) is 5.61. The maximum Gasteiger partial charge on any atom is 0.356 e. The number of hydrogen-bond donors (Lipinski definition) is 1. The summed E-state index contributed by atoms with van der Waals surface area (Å²) >= 11 is 0. The highest BCUT2D eigenvalue weighted by atomic mass is 16.5. The van der Waals surface area contributed by atoms with Crippen LogP contribution in [0, 0.1) is 5.92 Å². The van der Waals surface area contributed by atoms with E-state index in [1.54, 1.807) is 11.0 Å². The molecular formula is C12H14N2O4. The summed E-state index contributed by atoms with van der Waals surface area (Å²) in [6.45, 7) is 0.477. The molecule has 0 radical (unpaired) electrons. The van der Waals surface area contributed by atoms with Gasteiger partial charge in [0.2, 0.25) is 5.91 Å². The zero-order valence-electron chi connectivity index (χ0n) is 10.00. The molecule has 6 nitrogen and oxygen atoms in total. The van der Waals surface area contributed by atoms with Crippen molar-refractivity contribution in [2.75, 3.05) is 25.2 Å². The van der Waals surface area contributed by atoms with Crippen molar-refractivity contribution in [1.29, 1.82) is 0 Å².